The van der Waals surface area contributed by atoms with Gasteiger partial charge in [-0.15, -0.1) is 10.2 Å². The van der Waals surface area contributed by atoms with Gasteiger partial charge in [-0.3, -0.25) is 4.79 Å². The van der Waals surface area contributed by atoms with E-state index in [1.54, 1.807) is 60.7 Å². The van der Waals surface area contributed by atoms with Crippen LogP contribution in [-0.2, 0) is 4.84 Å². The van der Waals surface area contributed by atoms with E-state index in [-0.39, 0.29) is 0 Å². The quantitative estimate of drug-likeness (QED) is 0.507. The molecule has 0 aliphatic rings. The highest BCUT2D eigenvalue weighted by Gasteiger charge is 2.07. The molecule has 0 heterocycles. The maximum atomic E-state index is 12.1. The predicted octanol–water partition coefficient (Wildman–Crippen LogP) is 5.10. The van der Waals surface area contributed by atoms with Crippen molar-refractivity contribution in [1.82, 2.24) is 0 Å². The van der Waals surface area contributed by atoms with Gasteiger partial charge in [0.15, 0.2) is 0 Å². The van der Waals surface area contributed by atoms with Crippen LogP contribution >= 0.6 is 0 Å². The SMILES string of the molecule is Cc1ccccc1C(=O)N=Nc1ccc(NOC(=O)c2ccccc2)cc1. The number of aryl methyl sites for hydroxylation is 1. The fraction of sp³-hybridized carbons (Fsp3) is 0.0476. The molecule has 0 aromatic heterocycles. The highest BCUT2D eigenvalue weighted by atomic mass is 16.7. The fourth-order valence-corrected chi connectivity index (χ4v) is 2.30. The third-order valence-electron chi connectivity index (χ3n) is 3.77. The summed E-state index contributed by atoms with van der Waals surface area (Å²) in [4.78, 5) is 29.0. The van der Waals surface area contributed by atoms with Crippen molar-refractivity contribution in [3.05, 3.63) is 95.6 Å². The molecule has 0 fully saturated rings. The molecule has 0 saturated carbocycles. The van der Waals surface area contributed by atoms with E-state index in [4.69, 9.17) is 4.84 Å². The van der Waals surface area contributed by atoms with Crippen LogP contribution in [0.25, 0.3) is 0 Å². The van der Waals surface area contributed by atoms with Crippen molar-refractivity contribution in [3.63, 3.8) is 0 Å². The molecule has 6 heteroatoms. The molecular formula is C21H17N3O3. The van der Waals surface area contributed by atoms with Crippen molar-refractivity contribution >= 4 is 23.3 Å². The van der Waals surface area contributed by atoms with Crippen LogP contribution in [0.2, 0.25) is 0 Å². The number of nitrogens with zero attached hydrogens (tertiary/aromatic N) is 2. The van der Waals surface area contributed by atoms with Crippen LogP contribution in [0, 0.1) is 6.92 Å². The molecule has 0 aliphatic carbocycles. The van der Waals surface area contributed by atoms with Gasteiger partial charge in [0, 0.05) is 5.56 Å². The largest absolute Gasteiger partial charge is 0.362 e. The molecule has 1 N–H and O–H groups in total. The Kier molecular flexibility index (Phi) is 5.69. The lowest BCUT2D eigenvalue weighted by molar-refractivity contribution is 0.0596. The first-order valence-corrected chi connectivity index (χ1v) is 8.27. The third-order valence-corrected chi connectivity index (χ3v) is 3.77. The molecule has 0 saturated heterocycles. The van der Waals surface area contributed by atoms with Crippen LogP contribution in [0.15, 0.2) is 89.1 Å². The molecular weight excluding hydrogens is 342 g/mol. The Hall–Kier alpha value is -3.80. The van der Waals surface area contributed by atoms with Crippen molar-refractivity contribution < 1.29 is 14.4 Å². The Morgan fingerprint density at radius 3 is 2.22 bits per heavy atom. The highest BCUT2D eigenvalue weighted by Crippen LogP contribution is 2.18. The molecule has 6 nitrogen and oxygen atoms in total. The maximum Gasteiger partial charge on any atom is 0.362 e. The summed E-state index contributed by atoms with van der Waals surface area (Å²) >= 11 is 0. The molecule has 134 valence electrons. The number of carbonyl (C=O) groups is 2. The molecule has 3 aromatic carbocycles. The highest BCUT2D eigenvalue weighted by molar-refractivity contribution is 5.96. The van der Waals surface area contributed by atoms with E-state index in [1.807, 2.05) is 25.1 Å². The molecule has 0 atom stereocenters. The van der Waals surface area contributed by atoms with Crippen LogP contribution in [-0.4, -0.2) is 11.9 Å². The summed E-state index contributed by atoms with van der Waals surface area (Å²) < 4.78 is 0. The predicted molar refractivity (Wildman–Crippen MR) is 102 cm³/mol. The van der Waals surface area contributed by atoms with Crippen LogP contribution < -0.4 is 5.48 Å². The van der Waals surface area contributed by atoms with Gasteiger partial charge in [0.05, 0.1) is 16.9 Å². The van der Waals surface area contributed by atoms with Crippen molar-refractivity contribution in [1.29, 1.82) is 0 Å². The fourth-order valence-electron chi connectivity index (χ4n) is 2.30. The zero-order valence-electron chi connectivity index (χ0n) is 14.6. The average molecular weight is 359 g/mol. The van der Waals surface area contributed by atoms with Gasteiger partial charge in [-0.2, -0.15) is 0 Å². The second kappa shape index (κ2) is 8.53. The number of nitrogens with one attached hydrogen (secondary N) is 1. The van der Waals surface area contributed by atoms with E-state index in [2.05, 4.69) is 15.7 Å². The first-order valence-electron chi connectivity index (χ1n) is 8.27. The number of rotatable bonds is 5. The Balaban J connectivity index is 1.58. The summed E-state index contributed by atoms with van der Waals surface area (Å²) in [6.07, 6.45) is 0. The molecule has 1 amide bonds. The van der Waals surface area contributed by atoms with E-state index in [0.29, 0.717) is 22.5 Å². The minimum atomic E-state index is -0.483. The number of carbonyl (C=O) groups excluding carboxylic acids is 2. The summed E-state index contributed by atoms with van der Waals surface area (Å²) in [6.45, 7) is 1.85. The molecule has 0 spiro atoms. The number of amides is 1. The smallest absolute Gasteiger partial charge is 0.338 e. The average Bonchev–Trinajstić information content (AvgIpc) is 2.72. The monoisotopic (exact) mass is 359 g/mol. The van der Waals surface area contributed by atoms with Gasteiger partial charge in [0.25, 0.3) is 5.91 Å². The van der Waals surface area contributed by atoms with Gasteiger partial charge in [0.1, 0.15) is 0 Å². The van der Waals surface area contributed by atoms with Gasteiger partial charge in [-0.25, -0.2) is 10.3 Å². The van der Waals surface area contributed by atoms with E-state index < -0.39 is 11.9 Å². The molecule has 3 rings (SSSR count). The Morgan fingerprint density at radius 1 is 0.852 bits per heavy atom. The minimum absolute atomic E-state index is 0.396. The first kappa shape index (κ1) is 18.0. The second-order valence-electron chi connectivity index (χ2n) is 5.72. The van der Waals surface area contributed by atoms with Gasteiger partial charge in [-0.05, 0) is 55.0 Å². The Bertz CT molecular complexity index is 967. The number of hydrogen-bond donors (Lipinski definition) is 1. The van der Waals surface area contributed by atoms with Crippen molar-refractivity contribution in [3.8, 4) is 0 Å². The Labute approximate surface area is 156 Å². The number of anilines is 1. The lowest BCUT2D eigenvalue weighted by Crippen LogP contribution is -2.10. The van der Waals surface area contributed by atoms with E-state index in [1.165, 1.54) is 0 Å². The summed E-state index contributed by atoms with van der Waals surface area (Å²) in [6, 6.07) is 22.5. The van der Waals surface area contributed by atoms with Crippen molar-refractivity contribution in [2.75, 3.05) is 5.48 Å². The van der Waals surface area contributed by atoms with E-state index in [0.717, 1.165) is 5.56 Å². The van der Waals surface area contributed by atoms with Crippen molar-refractivity contribution in [2.24, 2.45) is 10.2 Å². The molecule has 0 aliphatic heterocycles. The minimum Gasteiger partial charge on any atom is -0.338 e. The molecule has 3 aromatic rings. The lowest BCUT2D eigenvalue weighted by atomic mass is 10.1. The topological polar surface area (TPSA) is 80.1 Å². The second-order valence-corrected chi connectivity index (χ2v) is 5.72. The normalized spacial score (nSPS) is 10.6. The van der Waals surface area contributed by atoms with Gasteiger partial charge in [-0.1, -0.05) is 36.4 Å². The zero-order chi connectivity index (χ0) is 19.1. The summed E-state index contributed by atoms with van der Waals surface area (Å²) in [5.74, 6) is -0.879. The zero-order valence-corrected chi connectivity index (χ0v) is 14.6. The third kappa shape index (κ3) is 4.85. The Morgan fingerprint density at radius 2 is 1.52 bits per heavy atom. The first-order chi connectivity index (χ1) is 13.1. The van der Waals surface area contributed by atoms with Crippen LogP contribution in [0.3, 0.4) is 0 Å². The van der Waals surface area contributed by atoms with E-state index in [9.17, 15) is 9.59 Å². The van der Waals surface area contributed by atoms with Crippen LogP contribution in [0.1, 0.15) is 26.3 Å². The molecule has 0 bridgehead atoms. The van der Waals surface area contributed by atoms with E-state index >= 15 is 0 Å². The van der Waals surface area contributed by atoms with Crippen LogP contribution in [0.4, 0.5) is 11.4 Å². The number of benzene rings is 3. The number of azo groups is 1. The summed E-state index contributed by atoms with van der Waals surface area (Å²) in [5.41, 5.74) is 5.48. The molecule has 0 radical (unpaired) electrons. The molecule has 0 unspecified atom stereocenters. The van der Waals surface area contributed by atoms with Gasteiger partial charge >= 0.3 is 5.97 Å². The summed E-state index contributed by atoms with van der Waals surface area (Å²) in [5, 5.41) is 7.70. The summed E-state index contributed by atoms with van der Waals surface area (Å²) in [7, 11) is 0. The van der Waals surface area contributed by atoms with Crippen molar-refractivity contribution in [2.45, 2.75) is 6.92 Å². The molecule has 27 heavy (non-hydrogen) atoms. The maximum absolute atomic E-state index is 12.1. The standard InChI is InChI=1S/C21H17N3O3/c1-15-7-5-6-10-19(15)20(25)23-22-17-11-13-18(14-12-17)24-27-21(26)16-8-3-2-4-9-16/h2-14,24H,1H3. The number of hydrogen-bond acceptors (Lipinski definition) is 5. The van der Waals surface area contributed by atoms with Gasteiger partial charge < -0.3 is 4.84 Å². The van der Waals surface area contributed by atoms with Crippen LogP contribution in [0.5, 0.6) is 0 Å². The lowest BCUT2D eigenvalue weighted by Gasteiger charge is -2.06. The van der Waals surface area contributed by atoms with Gasteiger partial charge in [0.2, 0.25) is 0 Å².